The van der Waals surface area contributed by atoms with Crippen LogP contribution in [0, 0.1) is 0 Å². The average molecular weight is 446 g/mol. The first-order chi connectivity index (χ1) is 16.8. The zero-order valence-corrected chi connectivity index (χ0v) is 18.5. The number of hydrogen-bond acceptors (Lipinski definition) is 5. The fraction of sp³-hybridized carbons (Fsp3) is 0.148. The molecule has 0 saturated carbocycles. The van der Waals surface area contributed by atoms with Crippen LogP contribution in [0.3, 0.4) is 0 Å². The fourth-order valence-electron chi connectivity index (χ4n) is 4.71. The summed E-state index contributed by atoms with van der Waals surface area (Å²) in [6.07, 6.45) is 0. The molecule has 4 heterocycles. The summed E-state index contributed by atoms with van der Waals surface area (Å²) >= 11 is 0. The number of benzene rings is 3. The van der Waals surface area contributed by atoms with Gasteiger partial charge < -0.3 is 20.6 Å². The fourth-order valence-corrected chi connectivity index (χ4v) is 4.71. The van der Waals surface area contributed by atoms with E-state index < -0.39 is 0 Å². The van der Waals surface area contributed by atoms with Crippen LogP contribution in [-0.4, -0.2) is 52.8 Å². The summed E-state index contributed by atoms with van der Waals surface area (Å²) in [6, 6.07) is 23.4. The molecule has 0 fully saturated rings. The minimum absolute atomic E-state index is 0.831. The number of rotatable bonds is 4. The summed E-state index contributed by atoms with van der Waals surface area (Å²) in [5.41, 5.74) is 8.59. The molecule has 34 heavy (non-hydrogen) atoms. The largest absolute Gasteiger partial charge is 0.368 e. The van der Waals surface area contributed by atoms with Crippen molar-refractivity contribution in [2.75, 3.05) is 26.2 Å². The molecule has 7 rings (SSSR count). The number of aromatic nitrogens is 3. The van der Waals surface area contributed by atoms with E-state index in [2.05, 4.69) is 91.3 Å². The second kappa shape index (κ2) is 7.59. The van der Waals surface area contributed by atoms with Gasteiger partial charge in [0.2, 0.25) is 0 Å². The number of H-pyrrole nitrogens is 2. The van der Waals surface area contributed by atoms with Gasteiger partial charge in [0.1, 0.15) is 17.5 Å². The highest BCUT2D eigenvalue weighted by molar-refractivity contribution is 6.03. The third-order valence-corrected chi connectivity index (χ3v) is 6.47. The maximum atomic E-state index is 4.79. The first-order valence-electron chi connectivity index (χ1n) is 11.6. The van der Waals surface area contributed by atoms with Crippen LogP contribution in [0.4, 0.5) is 0 Å². The van der Waals surface area contributed by atoms with Gasteiger partial charge in [0.15, 0.2) is 0 Å². The second-order valence-electron chi connectivity index (χ2n) is 8.69. The van der Waals surface area contributed by atoms with Crippen LogP contribution in [0.15, 0.2) is 76.7 Å². The summed E-state index contributed by atoms with van der Waals surface area (Å²) in [5, 5.41) is 7.86. The monoisotopic (exact) mass is 445 g/mol. The van der Waals surface area contributed by atoms with Crippen molar-refractivity contribution in [2.24, 2.45) is 9.98 Å². The van der Waals surface area contributed by atoms with Crippen molar-refractivity contribution in [1.82, 2.24) is 25.6 Å². The number of aliphatic imine (C=N–C) groups is 2. The van der Waals surface area contributed by atoms with Crippen molar-refractivity contribution < 1.29 is 0 Å². The number of aromatic amines is 2. The first kappa shape index (κ1) is 19.1. The zero-order valence-electron chi connectivity index (χ0n) is 18.5. The van der Waals surface area contributed by atoms with Gasteiger partial charge >= 0.3 is 0 Å². The molecule has 2 aliphatic rings. The van der Waals surface area contributed by atoms with Crippen LogP contribution < -0.4 is 10.6 Å². The van der Waals surface area contributed by atoms with E-state index in [1.165, 1.54) is 5.39 Å². The molecule has 0 unspecified atom stereocenters. The Morgan fingerprint density at radius 3 is 1.94 bits per heavy atom. The number of nitrogens with one attached hydrogen (secondary N) is 4. The van der Waals surface area contributed by atoms with Gasteiger partial charge in [-0.05, 0) is 35.9 Å². The molecule has 0 bridgehead atoms. The van der Waals surface area contributed by atoms with Crippen LogP contribution in [0.1, 0.15) is 11.1 Å². The minimum atomic E-state index is 0.831. The van der Waals surface area contributed by atoms with Gasteiger partial charge in [0, 0.05) is 46.4 Å². The summed E-state index contributed by atoms with van der Waals surface area (Å²) in [5.74, 6) is 2.80. The number of imidazole rings is 1. The van der Waals surface area contributed by atoms with Crippen molar-refractivity contribution in [3.63, 3.8) is 0 Å². The van der Waals surface area contributed by atoms with Crippen molar-refractivity contribution in [3.8, 4) is 22.6 Å². The lowest BCUT2D eigenvalue weighted by Crippen LogP contribution is -2.19. The minimum Gasteiger partial charge on any atom is -0.368 e. The molecule has 2 aromatic heterocycles. The number of nitrogens with zero attached hydrogens (tertiary/aromatic N) is 3. The Labute approximate surface area is 196 Å². The Morgan fingerprint density at radius 2 is 1.24 bits per heavy atom. The smallest absolute Gasteiger partial charge is 0.138 e. The lowest BCUT2D eigenvalue weighted by molar-refractivity contribution is 0.960. The Morgan fingerprint density at radius 1 is 0.588 bits per heavy atom. The molecular weight excluding hydrogens is 422 g/mol. The summed E-state index contributed by atoms with van der Waals surface area (Å²) < 4.78 is 0. The Kier molecular flexibility index (Phi) is 4.27. The maximum absolute atomic E-state index is 4.79. The molecule has 0 atom stereocenters. The number of amidine groups is 2. The predicted octanol–water partition coefficient (Wildman–Crippen LogP) is 4.08. The van der Waals surface area contributed by atoms with Gasteiger partial charge in [-0.2, -0.15) is 0 Å². The van der Waals surface area contributed by atoms with Gasteiger partial charge in [0.25, 0.3) is 0 Å². The second-order valence-corrected chi connectivity index (χ2v) is 8.69. The molecule has 0 amide bonds. The topological polar surface area (TPSA) is 93.2 Å². The molecule has 7 heteroatoms. The van der Waals surface area contributed by atoms with Crippen molar-refractivity contribution >= 4 is 33.6 Å². The molecule has 5 aromatic rings. The molecule has 0 radical (unpaired) electrons. The Bertz CT molecular complexity index is 1480. The highest BCUT2D eigenvalue weighted by atomic mass is 15.1. The van der Waals surface area contributed by atoms with Gasteiger partial charge in [-0.1, -0.05) is 36.4 Å². The van der Waals surface area contributed by atoms with E-state index in [1.807, 2.05) is 6.07 Å². The zero-order chi connectivity index (χ0) is 22.5. The van der Waals surface area contributed by atoms with Crippen LogP contribution in [-0.2, 0) is 0 Å². The predicted molar refractivity (Wildman–Crippen MR) is 138 cm³/mol. The van der Waals surface area contributed by atoms with Crippen LogP contribution >= 0.6 is 0 Å². The third kappa shape index (κ3) is 3.25. The van der Waals surface area contributed by atoms with Crippen molar-refractivity contribution in [2.45, 2.75) is 0 Å². The Balaban J connectivity index is 1.18. The summed E-state index contributed by atoms with van der Waals surface area (Å²) in [4.78, 5) is 20.9. The van der Waals surface area contributed by atoms with Crippen LogP contribution in [0.2, 0.25) is 0 Å². The maximum Gasteiger partial charge on any atom is 0.138 e. The molecule has 3 aromatic carbocycles. The van der Waals surface area contributed by atoms with E-state index in [1.54, 1.807) is 0 Å². The van der Waals surface area contributed by atoms with E-state index in [0.717, 1.165) is 88.2 Å². The molecule has 7 nitrogen and oxygen atoms in total. The highest BCUT2D eigenvalue weighted by Crippen LogP contribution is 2.28. The normalized spacial score (nSPS) is 15.4. The molecule has 2 aliphatic heterocycles. The average Bonchev–Trinajstić information content (AvgIpc) is 3.69. The molecule has 0 spiro atoms. The molecular formula is C27H23N7. The lowest BCUT2D eigenvalue weighted by atomic mass is 10.1. The molecule has 166 valence electrons. The third-order valence-electron chi connectivity index (χ3n) is 6.47. The van der Waals surface area contributed by atoms with Gasteiger partial charge in [0.05, 0.1) is 24.1 Å². The van der Waals surface area contributed by atoms with E-state index in [0.29, 0.717) is 0 Å². The van der Waals surface area contributed by atoms with E-state index in [4.69, 9.17) is 4.98 Å². The Hall–Kier alpha value is -4.39. The van der Waals surface area contributed by atoms with Gasteiger partial charge in [-0.3, -0.25) is 9.98 Å². The van der Waals surface area contributed by atoms with Crippen LogP contribution in [0.5, 0.6) is 0 Å². The quantitative estimate of drug-likeness (QED) is 0.336. The molecule has 0 saturated heterocycles. The van der Waals surface area contributed by atoms with E-state index in [-0.39, 0.29) is 0 Å². The SMILES string of the molecule is c1cc2cc(-c3ccc(-c4nc5ccc(C6=NCCN6)cc5[nH]4)cc3)[nH]c2cc1C1=NCCN1. The standard InChI is InChI=1S/C27H23N7/c1-3-17(27-33-21-8-7-20(15-24(21)34-27)26-30-11-12-31-26)4-2-16(1)22-13-18-5-6-19(14-23(18)32-22)25-28-9-10-29-25/h1-8,13-15,32H,9-12H2,(H,28,29)(H,30,31)(H,33,34). The van der Waals surface area contributed by atoms with Crippen molar-refractivity contribution in [3.05, 3.63) is 77.9 Å². The first-order valence-corrected chi connectivity index (χ1v) is 11.6. The van der Waals surface area contributed by atoms with Gasteiger partial charge in [-0.15, -0.1) is 0 Å². The van der Waals surface area contributed by atoms with Crippen LogP contribution in [0.25, 0.3) is 44.6 Å². The molecule has 0 aliphatic carbocycles. The van der Waals surface area contributed by atoms with Gasteiger partial charge in [-0.25, -0.2) is 4.98 Å². The summed E-state index contributed by atoms with van der Waals surface area (Å²) in [7, 11) is 0. The van der Waals surface area contributed by atoms with E-state index >= 15 is 0 Å². The van der Waals surface area contributed by atoms with E-state index in [9.17, 15) is 0 Å². The lowest BCUT2D eigenvalue weighted by Gasteiger charge is -2.02. The number of hydrogen-bond donors (Lipinski definition) is 4. The summed E-state index contributed by atoms with van der Waals surface area (Å²) in [6.45, 7) is 3.49. The number of fused-ring (bicyclic) bond motifs is 2. The highest BCUT2D eigenvalue weighted by Gasteiger charge is 2.13. The van der Waals surface area contributed by atoms with Crippen molar-refractivity contribution in [1.29, 1.82) is 0 Å². The molecule has 4 N–H and O–H groups in total.